The van der Waals surface area contributed by atoms with E-state index in [1.54, 1.807) is 13.4 Å². The number of carbonyl (C=O) groups is 1. The molecule has 0 saturated carbocycles. The molecule has 1 aromatic carbocycles. The molecular weight excluding hydrogens is 330 g/mol. The summed E-state index contributed by atoms with van der Waals surface area (Å²) in [7, 11) is 1.64. The van der Waals surface area contributed by atoms with Crippen molar-refractivity contribution in [3.8, 4) is 5.75 Å². The average molecular weight is 353 g/mol. The van der Waals surface area contributed by atoms with E-state index in [2.05, 4.69) is 20.6 Å². The van der Waals surface area contributed by atoms with E-state index >= 15 is 0 Å². The first-order valence-corrected chi connectivity index (χ1v) is 8.99. The normalized spacial score (nSPS) is 19.8. The van der Waals surface area contributed by atoms with Gasteiger partial charge in [-0.05, 0) is 37.2 Å². The summed E-state index contributed by atoms with van der Waals surface area (Å²) < 4.78 is 5.19. The molecule has 2 N–H and O–H groups in total. The number of fused-ring (bicyclic) bond motifs is 1. The van der Waals surface area contributed by atoms with Crippen molar-refractivity contribution >= 4 is 17.4 Å². The van der Waals surface area contributed by atoms with Crippen LogP contribution in [0.25, 0.3) is 0 Å². The van der Waals surface area contributed by atoms with Gasteiger partial charge in [0, 0.05) is 37.2 Å². The highest BCUT2D eigenvalue weighted by atomic mass is 16.5. The lowest BCUT2D eigenvalue weighted by atomic mass is 10.1. The van der Waals surface area contributed by atoms with Gasteiger partial charge in [-0.1, -0.05) is 0 Å². The van der Waals surface area contributed by atoms with Crippen LogP contribution in [0.2, 0.25) is 0 Å². The van der Waals surface area contributed by atoms with Gasteiger partial charge in [0.15, 0.2) is 0 Å². The first-order chi connectivity index (χ1) is 12.7. The number of hydrogen-bond donors (Lipinski definition) is 2. The largest absolute Gasteiger partial charge is 0.497 e. The molecular formula is C19H23N5O2. The van der Waals surface area contributed by atoms with E-state index < -0.39 is 0 Å². The molecule has 1 fully saturated rings. The molecule has 0 radical (unpaired) electrons. The number of benzene rings is 1. The molecule has 2 aliphatic heterocycles. The zero-order valence-electron chi connectivity index (χ0n) is 14.9. The van der Waals surface area contributed by atoms with E-state index in [0.717, 1.165) is 48.9 Å². The number of ether oxygens (including phenoxy) is 1. The number of nitrogens with one attached hydrogen (secondary N) is 2. The SMILES string of the molecule is COc1ccc(N2C[C@H](Nc3ncnc4c3CCNCC4)CC2=O)cc1. The fraction of sp³-hybridized carbons (Fsp3) is 0.421. The van der Waals surface area contributed by atoms with Crippen LogP contribution >= 0.6 is 0 Å². The van der Waals surface area contributed by atoms with E-state index in [-0.39, 0.29) is 11.9 Å². The highest BCUT2D eigenvalue weighted by Gasteiger charge is 2.31. The van der Waals surface area contributed by atoms with E-state index in [1.807, 2.05) is 29.2 Å². The van der Waals surface area contributed by atoms with Crippen LogP contribution in [-0.4, -0.2) is 48.7 Å². The summed E-state index contributed by atoms with van der Waals surface area (Å²) in [5, 5.41) is 6.88. The van der Waals surface area contributed by atoms with E-state index in [0.29, 0.717) is 13.0 Å². The Morgan fingerprint density at radius 3 is 2.81 bits per heavy atom. The zero-order chi connectivity index (χ0) is 17.9. The molecule has 26 heavy (non-hydrogen) atoms. The van der Waals surface area contributed by atoms with Crippen molar-refractivity contribution in [2.75, 3.05) is 37.0 Å². The minimum Gasteiger partial charge on any atom is -0.497 e. The second kappa shape index (κ2) is 7.29. The number of aromatic nitrogens is 2. The van der Waals surface area contributed by atoms with E-state index in [1.165, 1.54) is 5.56 Å². The number of hydrogen-bond acceptors (Lipinski definition) is 6. The van der Waals surface area contributed by atoms with Gasteiger partial charge in [0.2, 0.25) is 5.91 Å². The molecule has 0 bridgehead atoms. The van der Waals surface area contributed by atoms with Crippen LogP contribution in [0.1, 0.15) is 17.7 Å². The molecule has 2 aliphatic rings. The molecule has 1 aromatic heterocycles. The third-order valence-corrected chi connectivity index (χ3v) is 4.97. The molecule has 136 valence electrons. The summed E-state index contributed by atoms with van der Waals surface area (Å²) in [6.07, 6.45) is 3.89. The van der Waals surface area contributed by atoms with Crippen molar-refractivity contribution in [2.24, 2.45) is 0 Å². The van der Waals surface area contributed by atoms with Crippen LogP contribution in [0.4, 0.5) is 11.5 Å². The fourth-order valence-electron chi connectivity index (χ4n) is 3.61. The van der Waals surface area contributed by atoms with Crippen molar-refractivity contribution in [3.05, 3.63) is 41.9 Å². The maximum Gasteiger partial charge on any atom is 0.229 e. The van der Waals surface area contributed by atoms with Crippen LogP contribution in [0.15, 0.2) is 30.6 Å². The highest BCUT2D eigenvalue weighted by molar-refractivity contribution is 5.96. The van der Waals surface area contributed by atoms with Crippen molar-refractivity contribution in [3.63, 3.8) is 0 Å². The molecule has 7 heteroatoms. The monoisotopic (exact) mass is 353 g/mol. The maximum atomic E-state index is 12.5. The van der Waals surface area contributed by atoms with Gasteiger partial charge < -0.3 is 20.3 Å². The number of amides is 1. The van der Waals surface area contributed by atoms with Crippen molar-refractivity contribution < 1.29 is 9.53 Å². The third-order valence-electron chi connectivity index (χ3n) is 4.97. The highest BCUT2D eigenvalue weighted by Crippen LogP contribution is 2.26. The van der Waals surface area contributed by atoms with Crippen molar-refractivity contribution in [1.82, 2.24) is 15.3 Å². The summed E-state index contributed by atoms with van der Waals surface area (Å²) in [5.74, 6) is 1.77. The lowest BCUT2D eigenvalue weighted by Crippen LogP contribution is -2.28. The molecule has 1 atom stereocenters. The number of anilines is 2. The van der Waals surface area contributed by atoms with Gasteiger partial charge in [0.1, 0.15) is 17.9 Å². The standard InChI is InChI=1S/C19H23N5O2/c1-26-15-4-2-14(3-5-15)24-11-13(10-18(24)25)23-19-16-6-8-20-9-7-17(16)21-12-22-19/h2-5,12-13,20H,6-11H2,1H3,(H,21,22,23)/t13-/m1/s1. The molecule has 1 saturated heterocycles. The smallest absolute Gasteiger partial charge is 0.229 e. The second-order valence-electron chi connectivity index (χ2n) is 6.65. The summed E-state index contributed by atoms with van der Waals surface area (Å²) in [4.78, 5) is 23.2. The Hall–Kier alpha value is -2.67. The van der Waals surface area contributed by atoms with Crippen LogP contribution < -0.4 is 20.3 Å². The molecule has 4 rings (SSSR count). The minimum absolute atomic E-state index is 0.0415. The van der Waals surface area contributed by atoms with Crippen LogP contribution in [0.3, 0.4) is 0 Å². The van der Waals surface area contributed by atoms with Crippen LogP contribution in [0.5, 0.6) is 5.75 Å². The Bertz CT molecular complexity index is 793. The summed E-state index contributed by atoms with van der Waals surface area (Å²) in [5.41, 5.74) is 3.17. The summed E-state index contributed by atoms with van der Waals surface area (Å²) in [6.45, 7) is 2.50. The van der Waals surface area contributed by atoms with Crippen LogP contribution in [0, 0.1) is 0 Å². The molecule has 0 aliphatic carbocycles. The Labute approximate surface area is 152 Å². The van der Waals surface area contributed by atoms with Crippen molar-refractivity contribution in [1.29, 1.82) is 0 Å². The molecule has 1 amide bonds. The molecule has 3 heterocycles. The lowest BCUT2D eigenvalue weighted by molar-refractivity contribution is -0.117. The Morgan fingerprint density at radius 1 is 1.19 bits per heavy atom. The Balaban J connectivity index is 1.49. The van der Waals surface area contributed by atoms with Gasteiger partial charge in [-0.25, -0.2) is 9.97 Å². The predicted molar refractivity (Wildman–Crippen MR) is 99.7 cm³/mol. The van der Waals surface area contributed by atoms with Gasteiger partial charge in [0.05, 0.1) is 18.8 Å². The Morgan fingerprint density at radius 2 is 2.00 bits per heavy atom. The van der Waals surface area contributed by atoms with Gasteiger partial charge in [-0.2, -0.15) is 0 Å². The molecule has 7 nitrogen and oxygen atoms in total. The fourth-order valence-corrected chi connectivity index (χ4v) is 3.61. The topological polar surface area (TPSA) is 79.4 Å². The summed E-state index contributed by atoms with van der Waals surface area (Å²) >= 11 is 0. The molecule has 0 unspecified atom stereocenters. The number of rotatable bonds is 4. The van der Waals surface area contributed by atoms with Gasteiger partial charge >= 0.3 is 0 Å². The maximum absolute atomic E-state index is 12.5. The van der Waals surface area contributed by atoms with E-state index in [4.69, 9.17) is 4.74 Å². The lowest BCUT2D eigenvalue weighted by Gasteiger charge is -2.19. The summed E-state index contributed by atoms with van der Waals surface area (Å²) in [6, 6.07) is 7.63. The van der Waals surface area contributed by atoms with Gasteiger partial charge in [-0.15, -0.1) is 0 Å². The quantitative estimate of drug-likeness (QED) is 0.865. The number of methoxy groups -OCH3 is 1. The van der Waals surface area contributed by atoms with Gasteiger partial charge in [0.25, 0.3) is 0 Å². The van der Waals surface area contributed by atoms with Crippen LogP contribution in [-0.2, 0) is 17.6 Å². The zero-order valence-corrected chi connectivity index (χ0v) is 14.9. The first-order valence-electron chi connectivity index (χ1n) is 8.99. The Kier molecular flexibility index (Phi) is 4.71. The third kappa shape index (κ3) is 3.35. The molecule has 2 aromatic rings. The van der Waals surface area contributed by atoms with Crippen molar-refractivity contribution in [2.45, 2.75) is 25.3 Å². The molecule has 0 spiro atoms. The average Bonchev–Trinajstić information content (AvgIpc) is 2.87. The first kappa shape index (κ1) is 16.8. The minimum atomic E-state index is 0.0415. The predicted octanol–water partition coefficient (Wildman–Crippen LogP) is 1.39. The second-order valence-corrected chi connectivity index (χ2v) is 6.65. The van der Waals surface area contributed by atoms with E-state index in [9.17, 15) is 4.79 Å². The van der Waals surface area contributed by atoms with Gasteiger partial charge in [-0.3, -0.25) is 4.79 Å². The number of nitrogens with zero attached hydrogens (tertiary/aromatic N) is 3. The number of carbonyl (C=O) groups excluding carboxylic acids is 1.